The van der Waals surface area contributed by atoms with Crippen molar-refractivity contribution < 1.29 is 8.78 Å². The number of aromatic nitrogens is 4. The second-order valence-corrected chi connectivity index (χ2v) is 8.69. The van der Waals surface area contributed by atoms with E-state index < -0.39 is 5.92 Å². The molecule has 4 heterocycles. The number of fused-ring (bicyclic) bond motifs is 1. The van der Waals surface area contributed by atoms with Crippen LogP contribution in [0.3, 0.4) is 0 Å². The Morgan fingerprint density at radius 2 is 2.07 bits per heavy atom. The summed E-state index contributed by atoms with van der Waals surface area (Å²) in [6.07, 6.45) is 3.44. The molecule has 0 bridgehead atoms. The largest absolute Gasteiger partial charge is 0.365 e. The van der Waals surface area contributed by atoms with E-state index in [-0.39, 0.29) is 18.5 Å². The van der Waals surface area contributed by atoms with Gasteiger partial charge in [0.05, 0.1) is 31.0 Å². The highest BCUT2D eigenvalue weighted by Gasteiger charge is 2.41. The van der Waals surface area contributed by atoms with Gasteiger partial charge < -0.3 is 9.80 Å². The van der Waals surface area contributed by atoms with Crippen molar-refractivity contribution in [2.24, 2.45) is 0 Å². The van der Waals surface area contributed by atoms with Crippen molar-refractivity contribution in [3.05, 3.63) is 46.6 Å². The second kappa shape index (κ2) is 6.69. The van der Waals surface area contributed by atoms with Gasteiger partial charge in [0, 0.05) is 36.5 Å². The van der Waals surface area contributed by atoms with E-state index in [4.69, 9.17) is 11.6 Å². The van der Waals surface area contributed by atoms with Crippen LogP contribution in [-0.2, 0) is 13.1 Å². The first kappa shape index (κ1) is 19.1. The fourth-order valence-electron chi connectivity index (χ4n) is 3.53. The van der Waals surface area contributed by atoms with E-state index in [9.17, 15) is 8.78 Å². The van der Waals surface area contributed by atoms with E-state index in [2.05, 4.69) is 41.0 Å². The number of halogens is 3. The molecule has 0 N–H and O–H groups in total. The van der Waals surface area contributed by atoms with E-state index in [1.165, 1.54) is 0 Å². The molecule has 0 spiro atoms. The molecule has 1 fully saturated rings. The summed E-state index contributed by atoms with van der Waals surface area (Å²) in [5.41, 5.74) is 2.92. The molecule has 0 aromatic carbocycles. The van der Waals surface area contributed by atoms with Gasteiger partial charge in [-0.25, -0.2) is 18.4 Å². The van der Waals surface area contributed by atoms with E-state index in [0.717, 1.165) is 11.3 Å². The molecule has 1 saturated heterocycles. The average molecular weight is 409 g/mol. The molecule has 0 saturated carbocycles. The van der Waals surface area contributed by atoms with Gasteiger partial charge >= 0.3 is 0 Å². The lowest BCUT2D eigenvalue weighted by molar-refractivity contribution is 0.0167. The van der Waals surface area contributed by atoms with Gasteiger partial charge in [0.1, 0.15) is 10.8 Å². The summed E-state index contributed by atoms with van der Waals surface area (Å²) in [5, 5.41) is 9.07. The zero-order valence-corrected chi connectivity index (χ0v) is 16.9. The summed E-state index contributed by atoms with van der Waals surface area (Å²) in [7, 11) is 0. The van der Waals surface area contributed by atoms with Gasteiger partial charge in [0.15, 0.2) is 0 Å². The molecule has 150 valence electrons. The standard InChI is InChI=1S/C19H23ClF2N6/c1-18(2,3)27-10-14(26-8-6-19(21,22)12-26)16-15(11-27)28(25-24-16)9-13-5-4-7-23-17(13)20/h4-5,7,10H,6,8-9,11-12H2,1-3H3. The third kappa shape index (κ3) is 3.57. The fraction of sp³-hybridized carbons (Fsp3) is 0.526. The monoisotopic (exact) mass is 408 g/mol. The predicted octanol–water partition coefficient (Wildman–Crippen LogP) is 3.63. The van der Waals surface area contributed by atoms with Crippen LogP contribution in [0.25, 0.3) is 5.70 Å². The number of nitrogens with zero attached hydrogens (tertiary/aromatic N) is 6. The van der Waals surface area contributed by atoms with E-state index in [0.29, 0.717) is 36.2 Å². The summed E-state index contributed by atoms with van der Waals surface area (Å²) in [5.74, 6) is -2.68. The summed E-state index contributed by atoms with van der Waals surface area (Å²) in [6.45, 7) is 7.31. The lowest BCUT2D eigenvalue weighted by Gasteiger charge is -2.39. The van der Waals surface area contributed by atoms with Gasteiger partial charge in [-0.3, -0.25) is 0 Å². The molecular weight excluding hydrogens is 386 g/mol. The van der Waals surface area contributed by atoms with Crippen LogP contribution in [0.15, 0.2) is 24.5 Å². The molecule has 0 aliphatic carbocycles. The summed E-state index contributed by atoms with van der Waals surface area (Å²) < 4.78 is 29.5. The molecule has 0 unspecified atom stereocenters. The zero-order valence-electron chi connectivity index (χ0n) is 16.2. The van der Waals surface area contributed by atoms with Crippen molar-refractivity contribution in [1.29, 1.82) is 0 Å². The van der Waals surface area contributed by atoms with Crippen molar-refractivity contribution in [1.82, 2.24) is 29.8 Å². The minimum absolute atomic E-state index is 0.144. The van der Waals surface area contributed by atoms with Crippen LogP contribution in [0, 0.1) is 0 Å². The highest BCUT2D eigenvalue weighted by atomic mass is 35.5. The number of hydrogen-bond donors (Lipinski definition) is 0. The first-order valence-corrected chi connectivity index (χ1v) is 9.65. The smallest absolute Gasteiger partial charge is 0.266 e. The third-order valence-corrected chi connectivity index (χ3v) is 5.55. The lowest BCUT2D eigenvalue weighted by atomic mass is 10.0. The Bertz CT molecular complexity index is 917. The number of alkyl halides is 2. The highest BCUT2D eigenvalue weighted by Crippen LogP contribution is 2.37. The molecule has 0 atom stereocenters. The summed E-state index contributed by atoms with van der Waals surface area (Å²) in [4.78, 5) is 7.97. The van der Waals surface area contributed by atoms with Crippen LogP contribution >= 0.6 is 11.6 Å². The highest BCUT2D eigenvalue weighted by molar-refractivity contribution is 6.30. The first-order valence-electron chi connectivity index (χ1n) is 9.27. The number of rotatable bonds is 3. The van der Waals surface area contributed by atoms with Crippen LogP contribution in [0.1, 0.15) is 44.1 Å². The average Bonchev–Trinajstić information content (AvgIpc) is 3.18. The molecule has 28 heavy (non-hydrogen) atoms. The van der Waals surface area contributed by atoms with Crippen molar-refractivity contribution >= 4 is 17.3 Å². The quantitative estimate of drug-likeness (QED) is 0.726. The van der Waals surface area contributed by atoms with Crippen LogP contribution in [-0.4, -0.2) is 54.3 Å². The number of likely N-dealkylation sites (tertiary alicyclic amines) is 1. The van der Waals surface area contributed by atoms with Gasteiger partial charge in [-0.1, -0.05) is 22.9 Å². The van der Waals surface area contributed by atoms with Crippen molar-refractivity contribution in [3.63, 3.8) is 0 Å². The molecule has 2 aliphatic heterocycles. The van der Waals surface area contributed by atoms with Crippen molar-refractivity contribution in [2.45, 2.75) is 51.7 Å². The molecule has 9 heteroatoms. The van der Waals surface area contributed by atoms with Crippen molar-refractivity contribution in [2.75, 3.05) is 13.1 Å². The molecular formula is C19H23ClF2N6. The minimum atomic E-state index is -2.68. The molecule has 2 aromatic rings. The topological polar surface area (TPSA) is 50.1 Å². The summed E-state index contributed by atoms with van der Waals surface area (Å²) >= 11 is 6.20. The SMILES string of the molecule is CC(C)(C)N1C=C(N2CCC(F)(F)C2)c2nnn(Cc3cccnc3Cl)c2C1. The fourth-order valence-corrected chi connectivity index (χ4v) is 3.71. The van der Waals surface area contributed by atoms with Crippen LogP contribution in [0.5, 0.6) is 0 Å². The Hall–Kier alpha value is -2.22. The Labute approximate surface area is 167 Å². The van der Waals surface area contributed by atoms with Crippen LogP contribution in [0.4, 0.5) is 8.78 Å². The molecule has 0 radical (unpaired) electrons. The number of pyridine rings is 1. The van der Waals surface area contributed by atoms with Gasteiger partial charge in [-0.05, 0) is 26.8 Å². The van der Waals surface area contributed by atoms with Gasteiger partial charge in [-0.15, -0.1) is 5.10 Å². The Balaban J connectivity index is 1.72. The Kier molecular flexibility index (Phi) is 4.56. The molecule has 2 aliphatic rings. The maximum absolute atomic E-state index is 13.8. The van der Waals surface area contributed by atoms with Gasteiger partial charge in [-0.2, -0.15) is 0 Å². The van der Waals surface area contributed by atoms with Crippen LogP contribution in [0.2, 0.25) is 5.15 Å². The minimum Gasteiger partial charge on any atom is -0.365 e. The second-order valence-electron chi connectivity index (χ2n) is 8.34. The Morgan fingerprint density at radius 1 is 1.29 bits per heavy atom. The summed E-state index contributed by atoms with van der Waals surface area (Å²) in [6, 6.07) is 3.72. The van der Waals surface area contributed by atoms with Crippen LogP contribution < -0.4 is 0 Å². The lowest BCUT2D eigenvalue weighted by Crippen LogP contribution is -2.41. The molecule has 2 aromatic heterocycles. The molecule has 4 rings (SSSR count). The Morgan fingerprint density at radius 3 is 2.71 bits per heavy atom. The maximum atomic E-state index is 13.8. The normalized spacial score (nSPS) is 19.0. The first-order chi connectivity index (χ1) is 13.1. The predicted molar refractivity (Wildman–Crippen MR) is 103 cm³/mol. The maximum Gasteiger partial charge on any atom is 0.266 e. The van der Waals surface area contributed by atoms with Gasteiger partial charge in [0.2, 0.25) is 0 Å². The van der Waals surface area contributed by atoms with E-state index in [1.54, 1.807) is 15.8 Å². The van der Waals surface area contributed by atoms with Gasteiger partial charge in [0.25, 0.3) is 5.92 Å². The zero-order chi connectivity index (χ0) is 20.1. The van der Waals surface area contributed by atoms with Crippen molar-refractivity contribution in [3.8, 4) is 0 Å². The number of hydrogen-bond acceptors (Lipinski definition) is 5. The molecule has 0 amide bonds. The molecule has 6 nitrogen and oxygen atoms in total. The van der Waals surface area contributed by atoms with E-state index >= 15 is 0 Å². The third-order valence-electron chi connectivity index (χ3n) is 5.21. The van der Waals surface area contributed by atoms with E-state index in [1.807, 2.05) is 18.3 Å².